The van der Waals surface area contributed by atoms with Crippen molar-refractivity contribution in [2.75, 3.05) is 32.0 Å². The molecular weight excluding hydrogens is 216 g/mol. The molecule has 1 aromatic carbocycles. The van der Waals surface area contributed by atoms with Crippen molar-refractivity contribution in [3.63, 3.8) is 0 Å². The standard InChI is InChI=1S/C12H14N4O/c13-5-7-16(8-6-14)9-10-17-12-3-1-11(15)2-4-12/h1-4H,7-10,15H2. The molecule has 1 aromatic rings. The van der Waals surface area contributed by atoms with Crippen molar-refractivity contribution in [2.45, 2.75) is 0 Å². The minimum absolute atomic E-state index is 0.235. The number of hydrogen-bond acceptors (Lipinski definition) is 5. The molecule has 0 aliphatic heterocycles. The van der Waals surface area contributed by atoms with Crippen LogP contribution in [0.3, 0.4) is 0 Å². The zero-order chi connectivity index (χ0) is 12.5. The lowest BCUT2D eigenvalue weighted by atomic mass is 10.3. The molecule has 0 radical (unpaired) electrons. The molecule has 5 heteroatoms. The Morgan fingerprint density at radius 1 is 1.12 bits per heavy atom. The fraction of sp³-hybridized carbons (Fsp3) is 0.333. The zero-order valence-corrected chi connectivity index (χ0v) is 9.47. The molecule has 0 saturated heterocycles. The van der Waals surface area contributed by atoms with Gasteiger partial charge in [-0.3, -0.25) is 4.90 Å². The molecule has 2 N–H and O–H groups in total. The highest BCUT2D eigenvalue weighted by Crippen LogP contribution is 2.12. The highest BCUT2D eigenvalue weighted by atomic mass is 16.5. The first-order valence-electron chi connectivity index (χ1n) is 5.21. The lowest BCUT2D eigenvalue weighted by Crippen LogP contribution is -2.29. The Morgan fingerprint density at radius 3 is 2.24 bits per heavy atom. The number of nitrogens with zero attached hydrogens (tertiary/aromatic N) is 3. The highest BCUT2D eigenvalue weighted by molar-refractivity contribution is 5.41. The second-order valence-electron chi connectivity index (χ2n) is 3.44. The molecule has 88 valence electrons. The average molecular weight is 230 g/mol. The predicted molar refractivity (Wildman–Crippen MR) is 64.0 cm³/mol. The normalized spacial score (nSPS) is 9.59. The summed E-state index contributed by atoms with van der Waals surface area (Å²) in [6.45, 7) is 1.45. The van der Waals surface area contributed by atoms with Gasteiger partial charge in [0.1, 0.15) is 12.4 Å². The number of hydrogen-bond donors (Lipinski definition) is 1. The Balaban J connectivity index is 2.33. The van der Waals surface area contributed by atoms with Crippen LogP contribution < -0.4 is 10.5 Å². The highest BCUT2D eigenvalue weighted by Gasteiger charge is 2.03. The number of benzene rings is 1. The smallest absolute Gasteiger partial charge is 0.119 e. The summed E-state index contributed by atoms with van der Waals surface area (Å²) in [6, 6.07) is 11.1. The molecular formula is C12H14N4O. The summed E-state index contributed by atoms with van der Waals surface area (Å²) in [7, 11) is 0. The van der Waals surface area contributed by atoms with Gasteiger partial charge in [0.15, 0.2) is 0 Å². The molecule has 0 aliphatic carbocycles. The van der Waals surface area contributed by atoms with Crippen LogP contribution in [0, 0.1) is 22.7 Å². The fourth-order valence-corrected chi connectivity index (χ4v) is 1.27. The van der Waals surface area contributed by atoms with Crippen LogP contribution in [-0.2, 0) is 0 Å². The molecule has 0 aromatic heterocycles. The number of nitrogen functional groups attached to an aromatic ring is 1. The summed E-state index contributed by atoms with van der Waals surface area (Å²) in [4.78, 5) is 1.72. The van der Waals surface area contributed by atoms with Gasteiger partial charge >= 0.3 is 0 Å². The third kappa shape index (κ3) is 4.87. The van der Waals surface area contributed by atoms with Gasteiger partial charge in [0, 0.05) is 12.2 Å². The number of ether oxygens (including phenoxy) is 1. The van der Waals surface area contributed by atoms with Crippen molar-refractivity contribution >= 4 is 5.69 Å². The third-order valence-corrected chi connectivity index (χ3v) is 2.14. The predicted octanol–water partition coefficient (Wildman–Crippen LogP) is 0.997. The van der Waals surface area contributed by atoms with Crippen LogP contribution in [0.1, 0.15) is 0 Å². The summed E-state index contributed by atoms with van der Waals surface area (Å²) in [5.74, 6) is 0.730. The van der Waals surface area contributed by atoms with Gasteiger partial charge < -0.3 is 10.5 Å². The quantitative estimate of drug-likeness (QED) is 0.582. The van der Waals surface area contributed by atoms with Gasteiger partial charge in [0.05, 0.1) is 25.2 Å². The van der Waals surface area contributed by atoms with Crippen molar-refractivity contribution in [1.29, 1.82) is 10.5 Å². The average Bonchev–Trinajstić information content (AvgIpc) is 2.32. The van der Waals surface area contributed by atoms with E-state index in [1.807, 2.05) is 12.1 Å². The zero-order valence-electron chi connectivity index (χ0n) is 9.47. The molecule has 0 bridgehead atoms. The van der Waals surface area contributed by atoms with E-state index in [0.717, 1.165) is 5.75 Å². The number of nitrogens with two attached hydrogens (primary N) is 1. The van der Waals surface area contributed by atoms with Crippen LogP contribution in [0.15, 0.2) is 24.3 Å². The Hall–Kier alpha value is -2.24. The topological polar surface area (TPSA) is 86.1 Å². The number of rotatable bonds is 6. The van der Waals surface area contributed by atoms with Crippen molar-refractivity contribution < 1.29 is 4.74 Å². The van der Waals surface area contributed by atoms with Crippen LogP contribution in [0.4, 0.5) is 5.69 Å². The van der Waals surface area contributed by atoms with Crippen LogP contribution in [-0.4, -0.2) is 31.1 Å². The molecule has 0 amide bonds. The van der Waals surface area contributed by atoms with E-state index < -0.39 is 0 Å². The minimum Gasteiger partial charge on any atom is -0.492 e. The van der Waals surface area contributed by atoms with Crippen molar-refractivity contribution in [2.24, 2.45) is 0 Å². The molecule has 0 fully saturated rings. The maximum Gasteiger partial charge on any atom is 0.119 e. The first-order chi connectivity index (χ1) is 8.26. The van der Waals surface area contributed by atoms with Gasteiger partial charge in [-0.25, -0.2) is 0 Å². The van der Waals surface area contributed by atoms with Gasteiger partial charge in [-0.15, -0.1) is 0 Å². The monoisotopic (exact) mass is 230 g/mol. The van der Waals surface area contributed by atoms with E-state index in [0.29, 0.717) is 18.8 Å². The van der Waals surface area contributed by atoms with Crippen molar-refractivity contribution in [3.8, 4) is 17.9 Å². The van der Waals surface area contributed by atoms with Crippen LogP contribution in [0.5, 0.6) is 5.75 Å². The molecule has 1 rings (SSSR count). The van der Waals surface area contributed by atoms with E-state index >= 15 is 0 Å². The molecule has 0 heterocycles. The van der Waals surface area contributed by atoms with Gasteiger partial charge in [-0.2, -0.15) is 10.5 Å². The molecule has 0 aliphatic rings. The largest absolute Gasteiger partial charge is 0.492 e. The van der Waals surface area contributed by atoms with E-state index in [-0.39, 0.29) is 13.1 Å². The third-order valence-electron chi connectivity index (χ3n) is 2.14. The van der Waals surface area contributed by atoms with Gasteiger partial charge in [-0.05, 0) is 24.3 Å². The Bertz CT molecular complexity index is 400. The Labute approximate surface area is 101 Å². The minimum atomic E-state index is 0.235. The summed E-state index contributed by atoms with van der Waals surface area (Å²) in [6.07, 6.45) is 0. The number of anilines is 1. The molecule has 17 heavy (non-hydrogen) atoms. The lowest BCUT2D eigenvalue weighted by molar-refractivity contribution is 0.239. The maximum atomic E-state index is 8.55. The first-order valence-corrected chi connectivity index (χ1v) is 5.21. The summed E-state index contributed by atoms with van der Waals surface area (Å²) in [5, 5.41) is 17.1. The fourth-order valence-electron chi connectivity index (χ4n) is 1.27. The second-order valence-corrected chi connectivity index (χ2v) is 3.44. The van der Waals surface area contributed by atoms with Gasteiger partial charge in [0.25, 0.3) is 0 Å². The summed E-state index contributed by atoms with van der Waals surface area (Å²) >= 11 is 0. The molecule has 0 unspecified atom stereocenters. The van der Waals surface area contributed by atoms with E-state index in [2.05, 4.69) is 0 Å². The van der Waals surface area contributed by atoms with E-state index in [1.54, 1.807) is 29.2 Å². The SMILES string of the molecule is N#CCN(CC#N)CCOc1ccc(N)cc1. The van der Waals surface area contributed by atoms with E-state index in [9.17, 15) is 0 Å². The van der Waals surface area contributed by atoms with Crippen molar-refractivity contribution in [1.82, 2.24) is 4.90 Å². The molecule has 0 spiro atoms. The van der Waals surface area contributed by atoms with Crippen molar-refractivity contribution in [3.05, 3.63) is 24.3 Å². The van der Waals surface area contributed by atoms with E-state index in [4.69, 9.17) is 21.0 Å². The van der Waals surface area contributed by atoms with Crippen LogP contribution in [0.2, 0.25) is 0 Å². The Morgan fingerprint density at radius 2 is 1.71 bits per heavy atom. The summed E-state index contributed by atoms with van der Waals surface area (Å²) in [5.41, 5.74) is 6.23. The van der Waals surface area contributed by atoms with Gasteiger partial charge in [-0.1, -0.05) is 0 Å². The van der Waals surface area contributed by atoms with E-state index in [1.165, 1.54) is 0 Å². The van der Waals surface area contributed by atoms with Crippen LogP contribution >= 0.6 is 0 Å². The summed E-state index contributed by atoms with van der Waals surface area (Å²) < 4.78 is 5.47. The van der Waals surface area contributed by atoms with Crippen LogP contribution in [0.25, 0.3) is 0 Å². The van der Waals surface area contributed by atoms with Gasteiger partial charge in [0.2, 0.25) is 0 Å². The Kier molecular flexibility index (Phi) is 5.36. The number of nitriles is 2. The lowest BCUT2D eigenvalue weighted by Gasteiger charge is -2.15. The first kappa shape index (κ1) is 12.8. The molecule has 0 saturated carbocycles. The molecule has 5 nitrogen and oxygen atoms in total. The molecule has 0 atom stereocenters. The second kappa shape index (κ2) is 7.10. The maximum absolute atomic E-state index is 8.55.